The van der Waals surface area contributed by atoms with Crippen molar-refractivity contribution in [1.82, 2.24) is 4.98 Å². The molecular weight excluding hydrogens is 322 g/mol. The average molecular weight is 339 g/mol. The standard InChI is InChI=1S/C19H17NO3S/c1-13-17(19(21)22)24-18(20-13)15-9-5-6-10-16(15)23-12-11-14-7-3-2-4-8-14/h2-10H,11-12H2,1H3,(H,21,22). The predicted octanol–water partition coefficient (Wildman–Crippen LogP) is 4.44. The predicted molar refractivity (Wildman–Crippen MR) is 94.9 cm³/mol. The Morgan fingerprint density at radius 1 is 1.12 bits per heavy atom. The largest absolute Gasteiger partial charge is 0.493 e. The van der Waals surface area contributed by atoms with Gasteiger partial charge in [0.05, 0.1) is 17.9 Å². The summed E-state index contributed by atoms with van der Waals surface area (Å²) in [5.41, 5.74) is 2.57. The fraction of sp³-hybridized carbons (Fsp3) is 0.158. The second-order valence-electron chi connectivity index (χ2n) is 5.32. The van der Waals surface area contributed by atoms with Gasteiger partial charge in [0.2, 0.25) is 0 Å². The number of para-hydroxylation sites is 1. The fourth-order valence-corrected chi connectivity index (χ4v) is 3.34. The lowest BCUT2D eigenvalue weighted by Gasteiger charge is -2.10. The maximum atomic E-state index is 11.2. The number of aromatic carboxylic acids is 1. The minimum Gasteiger partial charge on any atom is -0.493 e. The molecule has 1 aromatic heterocycles. The Morgan fingerprint density at radius 3 is 2.54 bits per heavy atom. The number of carboxylic acids is 1. The Labute approximate surface area is 144 Å². The van der Waals surface area contributed by atoms with Crippen LogP contribution in [0.2, 0.25) is 0 Å². The Morgan fingerprint density at radius 2 is 1.83 bits per heavy atom. The quantitative estimate of drug-likeness (QED) is 0.721. The van der Waals surface area contributed by atoms with Crippen molar-refractivity contribution in [2.45, 2.75) is 13.3 Å². The molecule has 0 unspecified atom stereocenters. The zero-order chi connectivity index (χ0) is 16.9. The molecule has 3 aromatic rings. The van der Waals surface area contributed by atoms with Gasteiger partial charge in [0.25, 0.3) is 0 Å². The molecule has 0 spiro atoms. The van der Waals surface area contributed by atoms with Crippen molar-refractivity contribution in [3.8, 4) is 16.3 Å². The number of ether oxygens (including phenoxy) is 1. The molecule has 0 saturated carbocycles. The molecule has 0 radical (unpaired) electrons. The third kappa shape index (κ3) is 3.63. The number of rotatable bonds is 6. The van der Waals surface area contributed by atoms with Crippen LogP contribution in [0.4, 0.5) is 0 Å². The third-order valence-electron chi connectivity index (χ3n) is 3.60. The van der Waals surface area contributed by atoms with E-state index in [4.69, 9.17) is 4.74 Å². The molecular formula is C19H17NO3S. The molecule has 0 fully saturated rings. The molecule has 3 rings (SSSR count). The molecule has 2 aromatic carbocycles. The van der Waals surface area contributed by atoms with E-state index in [0.29, 0.717) is 17.3 Å². The van der Waals surface area contributed by atoms with E-state index >= 15 is 0 Å². The molecule has 0 saturated heterocycles. The van der Waals surface area contributed by atoms with E-state index in [-0.39, 0.29) is 4.88 Å². The van der Waals surface area contributed by atoms with Gasteiger partial charge >= 0.3 is 5.97 Å². The van der Waals surface area contributed by atoms with Crippen molar-refractivity contribution in [2.75, 3.05) is 6.61 Å². The number of hydrogen-bond donors (Lipinski definition) is 1. The smallest absolute Gasteiger partial charge is 0.347 e. The van der Waals surface area contributed by atoms with Gasteiger partial charge < -0.3 is 9.84 Å². The summed E-state index contributed by atoms with van der Waals surface area (Å²) < 4.78 is 5.92. The van der Waals surface area contributed by atoms with Crippen molar-refractivity contribution in [3.05, 3.63) is 70.7 Å². The van der Waals surface area contributed by atoms with Crippen molar-refractivity contribution in [1.29, 1.82) is 0 Å². The van der Waals surface area contributed by atoms with E-state index in [1.54, 1.807) is 6.92 Å². The normalized spacial score (nSPS) is 10.5. The SMILES string of the molecule is Cc1nc(-c2ccccc2OCCc2ccccc2)sc1C(=O)O. The molecule has 0 bridgehead atoms. The van der Waals surface area contributed by atoms with Crippen LogP contribution >= 0.6 is 11.3 Å². The number of nitrogens with zero attached hydrogens (tertiary/aromatic N) is 1. The molecule has 5 heteroatoms. The number of aromatic nitrogens is 1. The highest BCUT2D eigenvalue weighted by molar-refractivity contribution is 7.17. The second-order valence-corrected chi connectivity index (χ2v) is 6.32. The maximum absolute atomic E-state index is 11.2. The third-order valence-corrected chi connectivity index (χ3v) is 4.78. The molecule has 0 aliphatic rings. The van der Waals surface area contributed by atoms with Crippen molar-refractivity contribution in [3.63, 3.8) is 0 Å². The van der Waals surface area contributed by atoms with Gasteiger partial charge in [-0.05, 0) is 24.6 Å². The van der Waals surface area contributed by atoms with Crippen molar-refractivity contribution < 1.29 is 14.6 Å². The topological polar surface area (TPSA) is 59.4 Å². The molecule has 1 N–H and O–H groups in total. The summed E-state index contributed by atoms with van der Waals surface area (Å²) >= 11 is 1.17. The van der Waals surface area contributed by atoms with Crippen LogP contribution in [-0.4, -0.2) is 22.7 Å². The Kier molecular flexibility index (Phi) is 4.91. The average Bonchev–Trinajstić information content (AvgIpc) is 2.98. The van der Waals surface area contributed by atoms with Crippen LogP contribution in [0.1, 0.15) is 20.9 Å². The van der Waals surface area contributed by atoms with Crippen LogP contribution in [0.25, 0.3) is 10.6 Å². The summed E-state index contributed by atoms with van der Waals surface area (Å²) in [7, 11) is 0. The number of benzene rings is 2. The van der Waals surface area contributed by atoms with Gasteiger partial charge in [-0.2, -0.15) is 0 Å². The minimum atomic E-state index is -0.946. The summed E-state index contributed by atoms with van der Waals surface area (Å²) in [6.07, 6.45) is 0.812. The highest BCUT2D eigenvalue weighted by Gasteiger charge is 2.17. The van der Waals surface area contributed by atoms with E-state index in [1.165, 1.54) is 16.9 Å². The monoisotopic (exact) mass is 339 g/mol. The van der Waals surface area contributed by atoms with Crippen LogP contribution in [0.5, 0.6) is 5.75 Å². The van der Waals surface area contributed by atoms with Crippen LogP contribution < -0.4 is 4.74 Å². The molecule has 0 atom stereocenters. The molecule has 0 amide bonds. The molecule has 0 aliphatic carbocycles. The highest BCUT2D eigenvalue weighted by Crippen LogP contribution is 2.34. The van der Waals surface area contributed by atoms with E-state index in [1.807, 2.05) is 42.5 Å². The fourth-order valence-electron chi connectivity index (χ4n) is 2.40. The van der Waals surface area contributed by atoms with Gasteiger partial charge in [-0.25, -0.2) is 9.78 Å². The number of carbonyl (C=O) groups is 1. The summed E-state index contributed by atoms with van der Waals surface area (Å²) in [5, 5.41) is 9.87. The lowest BCUT2D eigenvalue weighted by Crippen LogP contribution is -2.02. The van der Waals surface area contributed by atoms with Crippen molar-refractivity contribution >= 4 is 17.3 Å². The van der Waals surface area contributed by atoms with Gasteiger partial charge in [0.1, 0.15) is 15.6 Å². The van der Waals surface area contributed by atoms with E-state index in [0.717, 1.165) is 17.7 Å². The first kappa shape index (κ1) is 16.2. The summed E-state index contributed by atoms with van der Waals surface area (Å²) in [4.78, 5) is 15.9. The first-order valence-electron chi connectivity index (χ1n) is 7.62. The number of thiazole rings is 1. The Hall–Kier alpha value is -2.66. The molecule has 122 valence electrons. The van der Waals surface area contributed by atoms with Crippen LogP contribution in [-0.2, 0) is 6.42 Å². The minimum absolute atomic E-state index is 0.268. The van der Waals surface area contributed by atoms with Gasteiger partial charge in [-0.3, -0.25) is 0 Å². The molecule has 0 aliphatic heterocycles. The number of hydrogen-bond acceptors (Lipinski definition) is 4. The van der Waals surface area contributed by atoms with Crippen LogP contribution in [0.3, 0.4) is 0 Å². The number of aryl methyl sites for hydroxylation is 1. The van der Waals surface area contributed by atoms with Gasteiger partial charge in [0.15, 0.2) is 0 Å². The van der Waals surface area contributed by atoms with E-state index in [9.17, 15) is 9.90 Å². The van der Waals surface area contributed by atoms with Crippen LogP contribution in [0, 0.1) is 6.92 Å². The zero-order valence-electron chi connectivity index (χ0n) is 13.2. The highest BCUT2D eigenvalue weighted by atomic mass is 32.1. The lowest BCUT2D eigenvalue weighted by atomic mass is 10.1. The second kappa shape index (κ2) is 7.27. The summed E-state index contributed by atoms with van der Waals surface area (Å²) in [5.74, 6) is -0.224. The van der Waals surface area contributed by atoms with Gasteiger partial charge in [-0.1, -0.05) is 42.5 Å². The first-order valence-corrected chi connectivity index (χ1v) is 8.43. The molecule has 4 nitrogen and oxygen atoms in total. The summed E-state index contributed by atoms with van der Waals surface area (Å²) in [6.45, 7) is 2.26. The first-order chi connectivity index (χ1) is 11.6. The van der Waals surface area contributed by atoms with E-state index < -0.39 is 5.97 Å². The van der Waals surface area contributed by atoms with Crippen molar-refractivity contribution in [2.24, 2.45) is 0 Å². The molecule has 24 heavy (non-hydrogen) atoms. The zero-order valence-corrected chi connectivity index (χ0v) is 14.0. The van der Waals surface area contributed by atoms with Gasteiger partial charge in [0, 0.05) is 6.42 Å². The maximum Gasteiger partial charge on any atom is 0.347 e. The Bertz CT molecular complexity index is 843. The number of carboxylic acid groups (broad SMARTS) is 1. The van der Waals surface area contributed by atoms with Crippen LogP contribution in [0.15, 0.2) is 54.6 Å². The lowest BCUT2D eigenvalue weighted by molar-refractivity contribution is 0.0701. The Balaban J connectivity index is 1.78. The molecule has 1 heterocycles. The van der Waals surface area contributed by atoms with Gasteiger partial charge in [-0.15, -0.1) is 11.3 Å². The summed E-state index contributed by atoms with van der Waals surface area (Å²) in [6, 6.07) is 17.7. The van der Waals surface area contributed by atoms with E-state index in [2.05, 4.69) is 17.1 Å².